The lowest BCUT2D eigenvalue weighted by molar-refractivity contribution is -0.0813. The van der Waals surface area contributed by atoms with E-state index in [9.17, 15) is 15.3 Å². The largest absolute Gasteiger partial charge is 0.388 e. The Labute approximate surface area is 165 Å². The van der Waals surface area contributed by atoms with Crippen LogP contribution in [0.5, 0.6) is 0 Å². The number of unbranched alkanes of at least 4 members (excludes halogenated alkanes) is 10. The summed E-state index contributed by atoms with van der Waals surface area (Å²) in [6.07, 6.45) is 16.2. The highest BCUT2D eigenvalue weighted by atomic mass is 16.5. The Morgan fingerprint density at radius 2 is 1.52 bits per heavy atom. The summed E-state index contributed by atoms with van der Waals surface area (Å²) in [5.74, 6) is 0. The number of hydrogen-bond donors (Lipinski definition) is 3. The minimum absolute atomic E-state index is 0.0649. The third-order valence-corrected chi connectivity index (χ3v) is 5.16. The zero-order valence-corrected chi connectivity index (χ0v) is 17.2. The van der Waals surface area contributed by atoms with Crippen molar-refractivity contribution in [3.05, 3.63) is 12.2 Å². The van der Waals surface area contributed by atoms with E-state index >= 15 is 0 Å². The van der Waals surface area contributed by atoms with Crippen LogP contribution in [0.1, 0.15) is 84.0 Å². The van der Waals surface area contributed by atoms with Gasteiger partial charge < -0.3 is 24.8 Å². The van der Waals surface area contributed by atoms with Gasteiger partial charge in [-0.3, -0.25) is 0 Å². The first kappa shape index (κ1) is 24.6. The summed E-state index contributed by atoms with van der Waals surface area (Å²) in [6.45, 7) is 3.06. The Morgan fingerprint density at radius 3 is 2.11 bits per heavy atom. The van der Waals surface area contributed by atoms with E-state index in [-0.39, 0.29) is 13.2 Å². The highest BCUT2D eigenvalue weighted by Crippen LogP contribution is 2.18. The van der Waals surface area contributed by atoms with Crippen LogP contribution in [-0.2, 0) is 9.47 Å². The summed E-state index contributed by atoms with van der Waals surface area (Å²) >= 11 is 0. The molecule has 1 saturated heterocycles. The van der Waals surface area contributed by atoms with Crippen molar-refractivity contribution < 1.29 is 24.8 Å². The Hall–Kier alpha value is -0.460. The quantitative estimate of drug-likeness (QED) is 0.262. The molecule has 5 heteroatoms. The van der Waals surface area contributed by atoms with E-state index < -0.39 is 24.4 Å². The number of aliphatic hydroxyl groups excluding tert-OH is 3. The van der Waals surface area contributed by atoms with Crippen LogP contribution in [0.2, 0.25) is 0 Å². The highest BCUT2D eigenvalue weighted by Gasteiger charge is 2.39. The van der Waals surface area contributed by atoms with Gasteiger partial charge in [-0.2, -0.15) is 0 Å². The number of rotatable bonds is 17. The Balaban J connectivity index is 1.82. The molecule has 4 atom stereocenters. The van der Waals surface area contributed by atoms with Crippen molar-refractivity contribution in [1.82, 2.24) is 0 Å². The second kappa shape index (κ2) is 16.5. The molecule has 3 N–H and O–H groups in total. The molecule has 0 aromatic carbocycles. The maximum Gasteiger partial charge on any atom is 0.114 e. The number of hydrogen-bond acceptors (Lipinski definition) is 5. The third kappa shape index (κ3) is 11.9. The molecule has 5 nitrogen and oxygen atoms in total. The Morgan fingerprint density at radius 1 is 0.926 bits per heavy atom. The van der Waals surface area contributed by atoms with Crippen LogP contribution in [0, 0.1) is 0 Å². The van der Waals surface area contributed by atoms with Gasteiger partial charge in [0.2, 0.25) is 0 Å². The zero-order chi connectivity index (χ0) is 19.7. The lowest BCUT2D eigenvalue weighted by Gasteiger charge is -2.20. The van der Waals surface area contributed by atoms with E-state index in [4.69, 9.17) is 9.47 Å². The van der Waals surface area contributed by atoms with Gasteiger partial charge in [0.15, 0.2) is 0 Å². The molecule has 27 heavy (non-hydrogen) atoms. The van der Waals surface area contributed by atoms with E-state index in [1.54, 1.807) is 0 Å². The number of aliphatic hydroxyl groups is 3. The molecule has 1 aliphatic rings. The SMILES string of the molecule is CCCCCCCCC/C=C/CCCCCOC[C@H](O)[C@H]1OC[C@@H](O)[C@H]1O. The van der Waals surface area contributed by atoms with Gasteiger partial charge >= 0.3 is 0 Å². The summed E-state index contributed by atoms with van der Waals surface area (Å²) in [6, 6.07) is 0. The van der Waals surface area contributed by atoms with Crippen LogP contribution in [0.15, 0.2) is 12.2 Å². The second-order valence-electron chi connectivity index (χ2n) is 7.73. The molecule has 1 heterocycles. The summed E-state index contributed by atoms with van der Waals surface area (Å²) < 4.78 is 10.6. The molecule has 0 saturated carbocycles. The molecule has 0 spiro atoms. The van der Waals surface area contributed by atoms with Crippen LogP contribution in [0.25, 0.3) is 0 Å². The maximum atomic E-state index is 9.92. The van der Waals surface area contributed by atoms with E-state index in [0.29, 0.717) is 6.61 Å². The molecule has 1 aliphatic heterocycles. The predicted molar refractivity (Wildman–Crippen MR) is 109 cm³/mol. The first-order chi connectivity index (χ1) is 13.2. The molecule has 0 bridgehead atoms. The third-order valence-electron chi connectivity index (χ3n) is 5.16. The maximum absolute atomic E-state index is 9.92. The van der Waals surface area contributed by atoms with Gasteiger partial charge in [-0.1, -0.05) is 64.0 Å². The predicted octanol–water partition coefficient (Wildman–Crippen LogP) is 3.74. The van der Waals surface area contributed by atoms with Crippen molar-refractivity contribution in [3.8, 4) is 0 Å². The monoisotopic (exact) mass is 386 g/mol. The van der Waals surface area contributed by atoms with Gasteiger partial charge in [-0.15, -0.1) is 0 Å². The topological polar surface area (TPSA) is 79.2 Å². The van der Waals surface area contributed by atoms with E-state index in [2.05, 4.69) is 19.1 Å². The lowest BCUT2D eigenvalue weighted by Crippen LogP contribution is -2.40. The first-order valence-corrected chi connectivity index (χ1v) is 11.0. The molecule has 1 fully saturated rings. The van der Waals surface area contributed by atoms with Crippen molar-refractivity contribution in [3.63, 3.8) is 0 Å². The normalized spacial score (nSPS) is 24.1. The minimum Gasteiger partial charge on any atom is -0.388 e. The number of allylic oxidation sites excluding steroid dienone is 2. The van der Waals surface area contributed by atoms with E-state index in [1.807, 2.05) is 0 Å². The molecule has 0 aromatic heterocycles. The van der Waals surface area contributed by atoms with Crippen LogP contribution in [0.4, 0.5) is 0 Å². The molecule has 0 aliphatic carbocycles. The molecular weight excluding hydrogens is 344 g/mol. The van der Waals surface area contributed by atoms with Crippen molar-refractivity contribution in [1.29, 1.82) is 0 Å². The smallest absolute Gasteiger partial charge is 0.114 e. The van der Waals surface area contributed by atoms with Crippen molar-refractivity contribution in [2.75, 3.05) is 19.8 Å². The first-order valence-electron chi connectivity index (χ1n) is 11.0. The summed E-state index contributed by atoms with van der Waals surface area (Å²) in [5, 5.41) is 29.0. The van der Waals surface area contributed by atoms with Crippen LogP contribution in [0.3, 0.4) is 0 Å². The number of ether oxygens (including phenoxy) is 2. The van der Waals surface area contributed by atoms with Crippen molar-refractivity contribution in [2.45, 2.75) is 108 Å². The Bertz CT molecular complexity index is 361. The fraction of sp³-hybridized carbons (Fsp3) is 0.909. The van der Waals surface area contributed by atoms with Crippen LogP contribution < -0.4 is 0 Å². The molecule has 0 unspecified atom stereocenters. The molecule has 1 rings (SSSR count). The van der Waals surface area contributed by atoms with Crippen LogP contribution >= 0.6 is 0 Å². The van der Waals surface area contributed by atoms with Gasteiger partial charge in [0.1, 0.15) is 24.4 Å². The molecule has 160 valence electrons. The van der Waals surface area contributed by atoms with Crippen molar-refractivity contribution in [2.24, 2.45) is 0 Å². The standard InChI is InChI=1S/C22H42O5/c1-2-3-4-5-6-7-8-9-10-11-12-13-14-15-16-26-17-20(24)22-21(25)19(23)18-27-22/h10-11,19-25H,2-9,12-18H2,1H3/b11-10+/t19-,20+,21-,22-/m1/s1. The van der Waals surface area contributed by atoms with E-state index in [1.165, 1.54) is 51.4 Å². The van der Waals surface area contributed by atoms with Gasteiger partial charge in [0.05, 0.1) is 13.2 Å². The summed E-state index contributed by atoms with van der Waals surface area (Å²) in [7, 11) is 0. The lowest BCUT2D eigenvalue weighted by atomic mass is 10.1. The van der Waals surface area contributed by atoms with Gasteiger partial charge in [0, 0.05) is 6.61 Å². The van der Waals surface area contributed by atoms with Crippen molar-refractivity contribution >= 4 is 0 Å². The molecule has 0 aromatic rings. The summed E-state index contributed by atoms with van der Waals surface area (Å²) in [4.78, 5) is 0. The van der Waals surface area contributed by atoms with Gasteiger partial charge in [0.25, 0.3) is 0 Å². The van der Waals surface area contributed by atoms with Gasteiger partial charge in [-0.05, 0) is 32.1 Å². The molecular formula is C22H42O5. The molecule has 0 radical (unpaired) electrons. The minimum atomic E-state index is -1.03. The average molecular weight is 387 g/mol. The van der Waals surface area contributed by atoms with E-state index in [0.717, 1.165) is 25.7 Å². The fourth-order valence-corrected chi connectivity index (χ4v) is 3.36. The average Bonchev–Trinajstić information content (AvgIpc) is 3.00. The van der Waals surface area contributed by atoms with Crippen LogP contribution in [-0.4, -0.2) is 59.6 Å². The Kier molecular flexibility index (Phi) is 15.0. The highest BCUT2D eigenvalue weighted by molar-refractivity contribution is 4.87. The zero-order valence-electron chi connectivity index (χ0n) is 17.2. The second-order valence-corrected chi connectivity index (χ2v) is 7.73. The van der Waals surface area contributed by atoms with Gasteiger partial charge in [-0.25, -0.2) is 0 Å². The molecule has 0 amide bonds. The summed E-state index contributed by atoms with van der Waals surface area (Å²) in [5.41, 5.74) is 0. The fourth-order valence-electron chi connectivity index (χ4n) is 3.36.